The molecule has 0 aliphatic carbocycles. The molecule has 0 saturated carbocycles. The van der Waals surface area contributed by atoms with E-state index in [4.69, 9.17) is 4.74 Å². The Morgan fingerprint density at radius 2 is 1.97 bits per heavy atom. The fourth-order valence-corrected chi connectivity index (χ4v) is 5.44. The first-order chi connectivity index (χ1) is 14.1. The predicted molar refractivity (Wildman–Crippen MR) is 114 cm³/mol. The van der Waals surface area contributed by atoms with Crippen LogP contribution < -0.4 is 15.4 Å². The molecule has 8 nitrogen and oxygen atoms in total. The minimum absolute atomic E-state index is 0.00999. The van der Waals surface area contributed by atoms with Gasteiger partial charge in [0.05, 0.1) is 10.6 Å². The van der Waals surface area contributed by atoms with Crippen molar-refractivity contribution in [3.63, 3.8) is 0 Å². The van der Waals surface area contributed by atoms with Gasteiger partial charge < -0.3 is 15.4 Å². The molecule has 1 aromatic rings. The average Bonchev–Trinajstić information content (AvgIpc) is 2.68. The molecular formula is C21H31N3O5S. The molecule has 0 aromatic heterocycles. The average molecular weight is 438 g/mol. The lowest BCUT2D eigenvalue weighted by Gasteiger charge is -2.31. The molecule has 2 aliphatic heterocycles. The van der Waals surface area contributed by atoms with Crippen molar-refractivity contribution >= 4 is 27.5 Å². The van der Waals surface area contributed by atoms with E-state index in [-0.39, 0.29) is 22.6 Å². The third-order valence-electron chi connectivity index (χ3n) is 5.67. The quantitative estimate of drug-likeness (QED) is 0.710. The number of hydrogen-bond acceptors (Lipinski definition) is 5. The Kier molecular flexibility index (Phi) is 6.71. The van der Waals surface area contributed by atoms with E-state index in [1.54, 1.807) is 19.9 Å². The highest BCUT2D eigenvalue weighted by molar-refractivity contribution is 7.89. The zero-order chi connectivity index (χ0) is 22.1. The number of hydrogen-bond donors (Lipinski definition) is 2. The number of ether oxygens (including phenoxy) is 1. The van der Waals surface area contributed by atoms with Gasteiger partial charge in [0.1, 0.15) is 5.75 Å². The molecule has 1 fully saturated rings. The van der Waals surface area contributed by atoms with Crippen molar-refractivity contribution in [2.75, 3.05) is 25.0 Å². The minimum atomic E-state index is -3.73. The highest BCUT2D eigenvalue weighted by Crippen LogP contribution is 2.36. The Morgan fingerprint density at radius 3 is 2.60 bits per heavy atom. The number of amides is 2. The fourth-order valence-electron chi connectivity index (χ4n) is 3.75. The van der Waals surface area contributed by atoms with Gasteiger partial charge >= 0.3 is 0 Å². The predicted octanol–water partition coefficient (Wildman–Crippen LogP) is 2.28. The Morgan fingerprint density at radius 1 is 1.30 bits per heavy atom. The van der Waals surface area contributed by atoms with Crippen molar-refractivity contribution in [2.24, 2.45) is 11.8 Å². The number of carbonyl (C=O) groups excluding carboxylic acids is 2. The van der Waals surface area contributed by atoms with E-state index in [1.807, 2.05) is 0 Å². The van der Waals surface area contributed by atoms with E-state index in [1.165, 1.54) is 10.4 Å². The van der Waals surface area contributed by atoms with Crippen LogP contribution in [-0.2, 0) is 19.6 Å². The third kappa shape index (κ3) is 4.78. The Hall–Kier alpha value is -2.13. The third-order valence-corrected chi connectivity index (χ3v) is 7.71. The van der Waals surface area contributed by atoms with Crippen LogP contribution in [0.2, 0.25) is 0 Å². The first-order valence-corrected chi connectivity index (χ1v) is 11.9. The number of rotatable bonds is 6. The van der Waals surface area contributed by atoms with Gasteiger partial charge in [0, 0.05) is 31.6 Å². The summed E-state index contributed by atoms with van der Waals surface area (Å²) in [4.78, 5) is 24.3. The number of sulfonamides is 1. The molecule has 3 rings (SSSR count). The van der Waals surface area contributed by atoms with E-state index in [9.17, 15) is 18.0 Å². The van der Waals surface area contributed by atoms with Crippen molar-refractivity contribution in [3.05, 3.63) is 17.7 Å². The van der Waals surface area contributed by atoms with Gasteiger partial charge in [-0.1, -0.05) is 13.8 Å². The van der Waals surface area contributed by atoms with Crippen molar-refractivity contribution in [1.82, 2.24) is 9.62 Å². The maximum Gasteiger partial charge on any atom is 0.265 e. The van der Waals surface area contributed by atoms with Crippen LogP contribution in [0.4, 0.5) is 5.69 Å². The lowest BCUT2D eigenvalue weighted by Crippen LogP contribution is -2.43. The molecule has 2 amide bonds. The number of piperidine rings is 1. The van der Waals surface area contributed by atoms with E-state index in [0.29, 0.717) is 55.4 Å². The molecule has 0 spiro atoms. The molecular weight excluding hydrogens is 406 g/mol. The summed E-state index contributed by atoms with van der Waals surface area (Å²) >= 11 is 0. The standard InChI is InChI=1S/C21H31N3O5S/c1-13(2)5-8-22-21(26)16-6-9-24(10-7-16)30(27,28)19-12-18-17(11-14(19)3)23-20(25)15(4)29-18/h11-13,15-16H,5-10H2,1-4H3,(H,22,26)(H,23,25)/t15-/m0/s1. The first kappa shape index (κ1) is 22.6. The number of benzene rings is 1. The molecule has 2 heterocycles. The van der Waals surface area contributed by atoms with E-state index in [2.05, 4.69) is 24.5 Å². The molecule has 1 aromatic carbocycles. The van der Waals surface area contributed by atoms with Crippen LogP contribution in [-0.4, -0.2) is 50.3 Å². The van der Waals surface area contributed by atoms with Gasteiger partial charge in [0.15, 0.2) is 6.10 Å². The molecule has 2 aliphatic rings. The topological polar surface area (TPSA) is 105 Å². The van der Waals surface area contributed by atoms with Gasteiger partial charge in [-0.25, -0.2) is 8.42 Å². The normalized spacial score (nSPS) is 20.4. The lowest BCUT2D eigenvalue weighted by atomic mass is 9.97. The summed E-state index contributed by atoms with van der Waals surface area (Å²) in [6.07, 6.45) is 1.25. The highest BCUT2D eigenvalue weighted by Gasteiger charge is 2.34. The summed E-state index contributed by atoms with van der Waals surface area (Å²) in [7, 11) is -3.73. The first-order valence-electron chi connectivity index (χ1n) is 10.5. The van der Waals surface area contributed by atoms with Gasteiger partial charge in [0.2, 0.25) is 15.9 Å². The van der Waals surface area contributed by atoms with Gasteiger partial charge in [-0.15, -0.1) is 0 Å². The molecule has 1 atom stereocenters. The van der Waals surface area contributed by atoms with Gasteiger partial charge in [-0.05, 0) is 50.7 Å². The SMILES string of the molecule is Cc1cc2c(cc1S(=O)(=O)N1CCC(C(=O)NCCC(C)C)CC1)O[C@@H](C)C(=O)N2. The van der Waals surface area contributed by atoms with Crippen LogP contribution in [0.1, 0.15) is 45.6 Å². The Balaban J connectivity index is 1.68. The Labute approximate surface area is 178 Å². The second kappa shape index (κ2) is 8.93. The number of aryl methyl sites for hydroxylation is 1. The van der Waals surface area contributed by atoms with E-state index >= 15 is 0 Å². The largest absolute Gasteiger partial charge is 0.479 e. The maximum atomic E-state index is 13.2. The molecule has 9 heteroatoms. The number of fused-ring (bicyclic) bond motifs is 1. The molecule has 0 unspecified atom stereocenters. The number of nitrogens with zero attached hydrogens (tertiary/aromatic N) is 1. The number of anilines is 1. The van der Waals surface area contributed by atoms with Crippen molar-refractivity contribution in [1.29, 1.82) is 0 Å². The van der Waals surface area contributed by atoms with E-state index < -0.39 is 16.1 Å². The molecule has 0 bridgehead atoms. The zero-order valence-corrected chi connectivity index (χ0v) is 18.8. The summed E-state index contributed by atoms with van der Waals surface area (Å²) in [5, 5.41) is 5.70. The summed E-state index contributed by atoms with van der Waals surface area (Å²) in [6, 6.07) is 3.11. The molecule has 2 N–H and O–H groups in total. The van der Waals surface area contributed by atoms with Crippen molar-refractivity contribution < 1.29 is 22.7 Å². The van der Waals surface area contributed by atoms with Gasteiger partial charge in [-0.3, -0.25) is 9.59 Å². The van der Waals surface area contributed by atoms with Crippen molar-refractivity contribution in [2.45, 2.75) is 58.0 Å². The van der Waals surface area contributed by atoms with E-state index in [0.717, 1.165) is 6.42 Å². The molecule has 30 heavy (non-hydrogen) atoms. The second-order valence-corrected chi connectivity index (χ2v) is 10.4. The van der Waals surface area contributed by atoms with Crippen LogP contribution in [0, 0.1) is 18.8 Å². The smallest absolute Gasteiger partial charge is 0.265 e. The van der Waals surface area contributed by atoms with Crippen LogP contribution in [0.3, 0.4) is 0 Å². The van der Waals surface area contributed by atoms with Crippen LogP contribution in [0.25, 0.3) is 0 Å². The number of carbonyl (C=O) groups is 2. The summed E-state index contributed by atoms with van der Waals surface area (Å²) in [5.41, 5.74) is 1.02. The maximum absolute atomic E-state index is 13.2. The molecule has 166 valence electrons. The van der Waals surface area contributed by atoms with Crippen LogP contribution in [0.15, 0.2) is 17.0 Å². The van der Waals surface area contributed by atoms with Gasteiger partial charge in [0.25, 0.3) is 5.91 Å². The number of nitrogens with one attached hydrogen (secondary N) is 2. The monoisotopic (exact) mass is 437 g/mol. The fraction of sp³-hybridized carbons (Fsp3) is 0.619. The zero-order valence-electron chi connectivity index (χ0n) is 18.0. The highest BCUT2D eigenvalue weighted by atomic mass is 32.2. The van der Waals surface area contributed by atoms with Crippen molar-refractivity contribution in [3.8, 4) is 5.75 Å². The minimum Gasteiger partial charge on any atom is -0.479 e. The molecule has 0 radical (unpaired) electrons. The summed E-state index contributed by atoms with van der Waals surface area (Å²) in [6.45, 7) is 8.79. The second-order valence-electron chi connectivity index (χ2n) is 8.52. The van der Waals surface area contributed by atoms with Crippen LogP contribution >= 0.6 is 0 Å². The lowest BCUT2D eigenvalue weighted by molar-refractivity contribution is -0.126. The summed E-state index contributed by atoms with van der Waals surface area (Å²) < 4.78 is 33.5. The van der Waals surface area contributed by atoms with Gasteiger partial charge in [-0.2, -0.15) is 4.31 Å². The summed E-state index contributed by atoms with van der Waals surface area (Å²) in [5.74, 6) is 0.470. The Bertz CT molecular complexity index is 921. The molecule has 1 saturated heterocycles. The van der Waals surface area contributed by atoms with Crippen LogP contribution in [0.5, 0.6) is 5.75 Å².